The molecule has 0 aliphatic carbocycles. The van der Waals surface area contributed by atoms with Crippen molar-refractivity contribution in [3.8, 4) is 11.1 Å². The molecule has 1 amide bonds. The van der Waals surface area contributed by atoms with E-state index in [4.69, 9.17) is 0 Å². The van der Waals surface area contributed by atoms with Gasteiger partial charge in [0.1, 0.15) is 11.5 Å². The van der Waals surface area contributed by atoms with E-state index in [1.165, 1.54) is 5.56 Å². The van der Waals surface area contributed by atoms with Crippen LogP contribution < -0.4 is 0 Å². The molecule has 3 rings (SSSR count). The molecule has 174 valence electrons. The summed E-state index contributed by atoms with van der Waals surface area (Å²) in [6, 6.07) is 16.8. The van der Waals surface area contributed by atoms with Gasteiger partial charge in [-0.25, -0.2) is 0 Å². The van der Waals surface area contributed by atoms with Crippen LogP contribution in [0.15, 0.2) is 73.1 Å². The number of likely N-dealkylation sites (tertiary alicyclic amines) is 1. The molecule has 33 heavy (non-hydrogen) atoms. The van der Waals surface area contributed by atoms with Crippen LogP contribution in [0.3, 0.4) is 0 Å². The summed E-state index contributed by atoms with van der Waals surface area (Å²) in [5.41, 5.74) is 5.33. The number of ketones is 1. The molecule has 0 saturated carbocycles. The van der Waals surface area contributed by atoms with E-state index in [9.17, 15) is 9.59 Å². The average Bonchev–Trinajstić information content (AvgIpc) is 2.84. The summed E-state index contributed by atoms with van der Waals surface area (Å²) in [7, 11) is 0. The number of benzene rings is 2. The summed E-state index contributed by atoms with van der Waals surface area (Å²) in [6.45, 7) is 11.4. The number of nitrogens with zero attached hydrogens (tertiary/aromatic N) is 2. The summed E-state index contributed by atoms with van der Waals surface area (Å²) >= 11 is 0. The highest BCUT2D eigenvalue weighted by Crippen LogP contribution is 2.34. The third kappa shape index (κ3) is 6.01. The van der Waals surface area contributed by atoms with Crippen molar-refractivity contribution in [1.29, 1.82) is 0 Å². The first-order valence-electron chi connectivity index (χ1n) is 12.0. The first-order chi connectivity index (χ1) is 16.0. The van der Waals surface area contributed by atoms with E-state index in [1.54, 1.807) is 6.20 Å². The second-order valence-electron chi connectivity index (χ2n) is 8.78. The Kier molecular flexibility index (Phi) is 8.65. The Morgan fingerprint density at radius 2 is 1.79 bits per heavy atom. The highest BCUT2D eigenvalue weighted by molar-refractivity contribution is 5.94. The van der Waals surface area contributed by atoms with E-state index in [-0.39, 0.29) is 17.7 Å². The second kappa shape index (κ2) is 11.6. The molecule has 0 bridgehead atoms. The maximum atomic E-state index is 13.6. The van der Waals surface area contributed by atoms with Crippen molar-refractivity contribution in [3.63, 3.8) is 0 Å². The van der Waals surface area contributed by atoms with Crippen molar-refractivity contribution in [2.45, 2.75) is 58.9 Å². The lowest BCUT2D eigenvalue weighted by atomic mass is 9.94. The molecule has 0 N–H and O–H groups in total. The minimum Gasteiger partial charge on any atom is -0.337 e. The lowest BCUT2D eigenvalue weighted by Gasteiger charge is -2.35. The van der Waals surface area contributed by atoms with Crippen LogP contribution in [-0.2, 0) is 9.59 Å². The average molecular weight is 445 g/mol. The third-order valence-electron chi connectivity index (χ3n) is 6.39. The number of rotatable bonds is 9. The van der Waals surface area contributed by atoms with E-state index in [0.29, 0.717) is 31.6 Å². The van der Waals surface area contributed by atoms with Crippen molar-refractivity contribution in [1.82, 2.24) is 9.80 Å². The number of carbonyl (C=O) groups is 2. The molecule has 0 aromatic heterocycles. The molecule has 4 heteroatoms. The van der Waals surface area contributed by atoms with Crippen molar-refractivity contribution < 1.29 is 9.59 Å². The molecule has 1 heterocycles. The number of unbranched alkanes of at least 4 members (excludes halogenated alkanes) is 2. The fraction of sp³-hybridized carbons (Fsp3) is 0.379. The summed E-state index contributed by atoms with van der Waals surface area (Å²) in [6.07, 6.45) is 7.61. The monoisotopic (exact) mass is 444 g/mol. The number of carbonyl (C=O) groups excluding carboxylic acids is 2. The SMILES string of the molecule is C=CN(C(=CCCCC)C(=O)N1CCC(=O)CC1)C(C)c1ccccc1-c1ccc(C)cc1. The number of Topliss-reactive ketones (excluding diaryl/α,β-unsaturated/α-hetero) is 1. The van der Waals surface area contributed by atoms with Gasteiger partial charge >= 0.3 is 0 Å². The molecule has 1 saturated heterocycles. The Labute approximate surface area is 198 Å². The smallest absolute Gasteiger partial charge is 0.270 e. The standard InChI is InChI=1S/C29H36N2O2/c1-5-7-8-13-28(29(33)30-20-18-25(32)19-21-30)31(6-2)23(4)26-11-9-10-12-27(26)24-16-14-22(3)15-17-24/h6,9-17,23H,2,5,7-8,18-21H2,1,3-4H3. The molecule has 4 nitrogen and oxygen atoms in total. The van der Waals surface area contributed by atoms with Gasteiger partial charge in [0.25, 0.3) is 5.91 Å². The van der Waals surface area contributed by atoms with Crippen LogP contribution in [0.5, 0.6) is 0 Å². The van der Waals surface area contributed by atoms with Gasteiger partial charge in [0.2, 0.25) is 0 Å². The summed E-state index contributed by atoms with van der Waals surface area (Å²) in [4.78, 5) is 29.1. The second-order valence-corrected chi connectivity index (χ2v) is 8.78. The normalized spacial score (nSPS) is 15.3. The summed E-state index contributed by atoms with van der Waals surface area (Å²) in [5.74, 6) is 0.217. The van der Waals surface area contributed by atoms with Crippen LogP contribution >= 0.6 is 0 Å². The number of hydrogen-bond donors (Lipinski definition) is 0. The molecule has 1 fully saturated rings. The van der Waals surface area contributed by atoms with Crippen LogP contribution in [0, 0.1) is 6.92 Å². The fourth-order valence-electron chi connectivity index (χ4n) is 4.34. The van der Waals surface area contributed by atoms with Crippen LogP contribution in [0.25, 0.3) is 11.1 Å². The zero-order valence-electron chi connectivity index (χ0n) is 20.2. The zero-order chi connectivity index (χ0) is 23.8. The number of piperidine rings is 1. The molecule has 1 aliphatic rings. The number of hydrogen-bond acceptors (Lipinski definition) is 3. The van der Waals surface area contributed by atoms with Gasteiger partial charge in [0.15, 0.2) is 0 Å². The van der Waals surface area contributed by atoms with Gasteiger partial charge < -0.3 is 9.80 Å². The first kappa shape index (κ1) is 24.5. The molecule has 1 aliphatic heterocycles. The van der Waals surface area contributed by atoms with Gasteiger partial charge in [0, 0.05) is 25.9 Å². The quantitative estimate of drug-likeness (QED) is 0.330. The third-order valence-corrected chi connectivity index (χ3v) is 6.39. The Bertz CT molecular complexity index is 997. The van der Waals surface area contributed by atoms with Crippen LogP contribution in [0.4, 0.5) is 0 Å². The Balaban J connectivity index is 1.96. The van der Waals surface area contributed by atoms with Gasteiger partial charge in [-0.2, -0.15) is 0 Å². The lowest BCUT2D eigenvalue weighted by Crippen LogP contribution is -2.42. The molecule has 1 atom stereocenters. The minimum absolute atomic E-state index is 0.0156. The minimum atomic E-state index is -0.0803. The molecular weight excluding hydrogens is 408 g/mol. The zero-order valence-corrected chi connectivity index (χ0v) is 20.2. The Hall–Kier alpha value is -3.14. The van der Waals surface area contributed by atoms with Crippen molar-refractivity contribution >= 4 is 11.7 Å². The molecule has 2 aromatic carbocycles. The number of allylic oxidation sites excluding steroid dienone is 1. The van der Waals surface area contributed by atoms with Gasteiger partial charge in [-0.15, -0.1) is 0 Å². The predicted octanol–water partition coefficient (Wildman–Crippen LogP) is 6.43. The Morgan fingerprint density at radius 1 is 1.12 bits per heavy atom. The fourth-order valence-corrected chi connectivity index (χ4v) is 4.34. The van der Waals surface area contributed by atoms with E-state index in [1.807, 2.05) is 15.9 Å². The van der Waals surface area contributed by atoms with Crippen LogP contribution in [0.2, 0.25) is 0 Å². The van der Waals surface area contributed by atoms with Crippen molar-refractivity contribution in [2.24, 2.45) is 0 Å². The highest BCUT2D eigenvalue weighted by Gasteiger charge is 2.28. The highest BCUT2D eigenvalue weighted by atomic mass is 16.2. The van der Waals surface area contributed by atoms with Crippen LogP contribution in [-0.4, -0.2) is 34.6 Å². The molecule has 1 unspecified atom stereocenters. The molecule has 0 spiro atoms. The maximum Gasteiger partial charge on any atom is 0.270 e. The van der Waals surface area contributed by atoms with E-state index in [0.717, 1.165) is 36.0 Å². The van der Waals surface area contributed by atoms with Gasteiger partial charge in [0.05, 0.1) is 6.04 Å². The molecular formula is C29H36N2O2. The summed E-state index contributed by atoms with van der Waals surface area (Å²) < 4.78 is 0. The van der Waals surface area contributed by atoms with Crippen LogP contribution in [0.1, 0.15) is 63.1 Å². The maximum absolute atomic E-state index is 13.6. The van der Waals surface area contributed by atoms with Gasteiger partial charge in [-0.3, -0.25) is 9.59 Å². The van der Waals surface area contributed by atoms with Crippen molar-refractivity contribution in [3.05, 3.63) is 84.2 Å². The lowest BCUT2D eigenvalue weighted by molar-refractivity contribution is -0.132. The number of amides is 1. The topological polar surface area (TPSA) is 40.6 Å². The van der Waals surface area contributed by atoms with E-state index in [2.05, 4.69) is 75.9 Å². The largest absolute Gasteiger partial charge is 0.337 e. The van der Waals surface area contributed by atoms with Gasteiger partial charge in [-0.05, 0) is 49.6 Å². The first-order valence-corrected chi connectivity index (χ1v) is 12.0. The molecule has 0 radical (unpaired) electrons. The predicted molar refractivity (Wildman–Crippen MR) is 135 cm³/mol. The van der Waals surface area contributed by atoms with Gasteiger partial charge in [-0.1, -0.05) is 80.1 Å². The van der Waals surface area contributed by atoms with E-state index < -0.39 is 0 Å². The number of aryl methyl sites for hydroxylation is 1. The molecule has 2 aromatic rings. The van der Waals surface area contributed by atoms with E-state index >= 15 is 0 Å². The Morgan fingerprint density at radius 3 is 2.42 bits per heavy atom. The summed E-state index contributed by atoms with van der Waals surface area (Å²) in [5, 5.41) is 0. The van der Waals surface area contributed by atoms with Crippen molar-refractivity contribution in [2.75, 3.05) is 13.1 Å².